The molecular weight excluding hydrogens is 166 g/mol. The highest BCUT2D eigenvalue weighted by Gasteiger charge is 2.39. The van der Waals surface area contributed by atoms with Crippen LogP contribution >= 0.6 is 0 Å². The van der Waals surface area contributed by atoms with E-state index in [0.29, 0.717) is 12.8 Å². The Kier molecular flexibility index (Phi) is 2.46. The lowest BCUT2D eigenvalue weighted by atomic mass is 9.86. The van der Waals surface area contributed by atoms with E-state index in [9.17, 15) is 9.59 Å². The molecule has 1 aliphatic rings. The minimum Gasteiger partial charge on any atom is -0.334 e. The van der Waals surface area contributed by atoms with Gasteiger partial charge in [-0.2, -0.15) is 0 Å². The van der Waals surface area contributed by atoms with Gasteiger partial charge < -0.3 is 4.90 Å². The molecule has 0 radical (unpaired) electrons. The van der Waals surface area contributed by atoms with E-state index in [1.807, 2.05) is 25.7 Å². The molecule has 1 rings (SSSR count). The van der Waals surface area contributed by atoms with E-state index in [2.05, 4.69) is 0 Å². The average Bonchev–Trinajstić information content (AvgIpc) is 1.78. The Balaban J connectivity index is 2.92. The molecule has 1 heterocycles. The van der Waals surface area contributed by atoms with E-state index < -0.39 is 0 Å². The molecule has 1 atom stereocenters. The Hall–Kier alpha value is -0.860. The van der Waals surface area contributed by atoms with Gasteiger partial charge in [-0.1, -0.05) is 0 Å². The number of carbonyl (C=O) groups excluding carboxylic acids is 2. The number of Topliss-reactive ketones (excluding diaryl/α,β-unsaturated/α-hetero) is 1. The van der Waals surface area contributed by atoms with Crippen LogP contribution < -0.4 is 0 Å². The van der Waals surface area contributed by atoms with Crippen molar-refractivity contribution in [2.75, 3.05) is 0 Å². The lowest BCUT2D eigenvalue weighted by molar-refractivity contribution is -0.144. The zero-order chi connectivity index (χ0) is 10.2. The fourth-order valence-corrected chi connectivity index (χ4v) is 2.39. The Labute approximate surface area is 79.1 Å². The van der Waals surface area contributed by atoms with Crippen molar-refractivity contribution in [3.8, 4) is 0 Å². The minimum absolute atomic E-state index is 0.0498. The van der Waals surface area contributed by atoms with Gasteiger partial charge in [-0.05, 0) is 20.8 Å². The highest BCUT2D eigenvalue weighted by molar-refractivity contribution is 5.84. The predicted molar refractivity (Wildman–Crippen MR) is 50.3 cm³/mol. The second kappa shape index (κ2) is 3.13. The van der Waals surface area contributed by atoms with Crippen LogP contribution in [0.4, 0.5) is 0 Å². The number of carbonyl (C=O) groups is 2. The SMILES string of the molecule is CC(=O)N1C(C)CC(=O)CC1(C)C. The number of likely N-dealkylation sites (tertiary alicyclic amines) is 1. The maximum atomic E-state index is 11.3. The van der Waals surface area contributed by atoms with Crippen molar-refractivity contribution in [1.29, 1.82) is 0 Å². The Bertz CT molecular complexity index is 245. The summed E-state index contributed by atoms with van der Waals surface area (Å²) in [7, 11) is 0. The molecule has 0 aromatic heterocycles. The number of nitrogens with zero attached hydrogens (tertiary/aromatic N) is 1. The molecular formula is C10H17NO2. The quantitative estimate of drug-likeness (QED) is 0.568. The van der Waals surface area contributed by atoms with Gasteiger partial charge in [0.2, 0.25) is 5.91 Å². The summed E-state index contributed by atoms with van der Waals surface area (Å²) in [5.41, 5.74) is -0.305. The Morgan fingerprint density at radius 2 is 2.08 bits per heavy atom. The van der Waals surface area contributed by atoms with Crippen LogP contribution in [0.15, 0.2) is 0 Å². The van der Waals surface area contributed by atoms with Crippen molar-refractivity contribution < 1.29 is 9.59 Å². The number of hydrogen-bond acceptors (Lipinski definition) is 2. The summed E-state index contributed by atoms with van der Waals surface area (Å²) in [6.07, 6.45) is 0.986. The Morgan fingerprint density at radius 3 is 2.46 bits per heavy atom. The first-order valence-corrected chi connectivity index (χ1v) is 4.66. The van der Waals surface area contributed by atoms with Gasteiger partial charge in [-0.25, -0.2) is 0 Å². The fourth-order valence-electron chi connectivity index (χ4n) is 2.39. The summed E-state index contributed by atoms with van der Waals surface area (Å²) < 4.78 is 0. The third kappa shape index (κ3) is 1.90. The maximum absolute atomic E-state index is 11.3. The molecule has 1 amide bonds. The number of amides is 1. The van der Waals surface area contributed by atoms with Gasteiger partial charge in [0.1, 0.15) is 5.78 Å². The number of hydrogen-bond donors (Lipinski definition) is 0. The largest absolute Gasteiger partial charge is 0.334 e. The van der Waals surface area contributed by atoms with Crippen molar-refractivity contribution >= 4 is 11.7 Å². The zero-order valence-electron chi connectivity index (χ0n) is 8.76. The van der Waals surface area contributed by atoms with Gasteiger partial charge >= 0.3 is 0 Å². The van der Waals surface area contributed by atoms with Crippen molar-refractivity contribution in [3.63, 3.8) is 0 Å². The lowest BCUT2D eigenvalue weighted by Crippen LogP contribution is -2.56. The molecule has 0 saturated carbocycles. The monoisotopic (exact) mass is 183 g/mol. The lowest BCUT2D eigenvalue weighted by Gasteiger charge is -2.45. The summed E-state index contributed by atoms with van der Waals surface area (Å²) >= 11 is 0. The van der Waals surface area contributed by atoms with E-state index in [-0.39, 0.29) is 23.3 Å². The van der Waals surface area contributed by atoms with E-state index in [1.165, 1.54) is 0 Å². The van der Waals surface area contributed by atoms with Gasteiger partial charge in [-0.3, -0.25) is 9.59 Å². The molecule has 0 bridgehead atoms. The molecule has 1 aliphatic heterocycles. The average molecular weight is 183 g/mol. The molecule has 0 spiro atoms. The van der Waals surface area contributed by atoms with Crippen LogP contribution in [0.5, 0.6) is 0 Å². The van der Waals surface area contributed by atoms with E-state index >= 15 is 0 Å². The highest BCUT2D eigenvalue weighted by atomic mass is 16.2. The minimum atomic E-state index is -0.305. The maximum Gasteiger partial charge on any atom is 0.220 e. The summed E-state index contributed by atoms with van der Waals surface area (Å²) in [6.45, 7) is 7.39. The van der Waals surface area contributed by atoms with Crippen molar-refractivity contribution in [1.82, 2.24) is 4.90 Å². The first-order chi connectivity index (χ1) is 5.84. The standard InChI is InChI=1S/C10H17NO2/c1-7-5-9(13)6-10(3,4)11(7)8(2)12/h7H,5-6H2,1-4H3. The van der Waals surface area contributed by atoms with Gasteiger partial charge in [0.15, 0.2) is 0 Å². The van der Waals surface area contributed by atoms with Crippen molar-refractivity contribution in [2.24, 2.45) is 0 Å². The number of ketones is 1. The molecule has 3 nitrogen and oxygen atoms in total. The first-order valence-electron chi connectivity index (χ1n) is 4.66. The van der Waals surface area contributed by atoms with E-state index in [1.54, 1.807) is 6.92 Å². The third-order valence-corrected chi connectivity index (χ3v) is 2.59. The van der Waals surface area contributed by atoms with Gasteiger partial charge in [0.25, 0.3) is 0 Å². The van der Waals surface area contributed by atoms with Crippen LogP contribution in [0.25, 0.3) is 0 Å². The molecule has 0 aromatic carbocycles. The van der Waals surface area contributed by atoms with Crippen LogP contribution in [0, 0.1) is 0 Å². The summed E-state index contributed by atoms with van der Waals surface area (Å²) in [5, 5.41) is 0. The molecule has 0 N–H and O–H groups in total. The number of piperidine rings is 1. The van der Waals surface area contributed by atoms with Gasteiger partial charge in [-0.15, -0.1) is 0 Å². The summed E-state index contributed by atoms with van der Waals surface area (Å²) in [5.74, 6) is 0.319. The highest BCUT2D eigenvalue weighted by Crippen LogP contribution is 2.29. The van der Waals surface area contributed by atoms with E-state index in [0.717, 1.165) is 0 Å². The Morgan fingerprint density at radius 1 is 1.54 bits per heavy atom. The number of rotatable bonds is 0. The summed E-state index contributed by atoms with van der Waals surface area (Å²) in [4.78, 5) is 24.5. The van der Waals surface area contributed by atoms with Gasteiger partial charge in [0.05, 0.1) is 0 Å². The van der Waals surface area contributed by atoms with Crippen molar-refractivity contribution in [2.45, 2.75) is 52.1 Å². The topological polar surface area (TPSA) is 37.4 Å². The summed E-state index contributed by atoms with van der Waals surface area (Å²) in [6, 6.07) is 0.0498. The van der Waals surface area contributed by atoms with Crippen LogP contribution in [-0.4, -0.2) is 28.2 Å². The molecule has 1 fully saturated rings. The van der Waals surface area contributed by atoms with Crippen LogP contribution in [0.2, 0.25) is 0 Å². The molecule has 74 valence electrons. The third-order valence-electron chi connectivity index (χ3n) is 2.59. The van der Waals surface area contributed by atoms with Crippen LogP contribution in [0.1, 0.15) is 40.5 Å². The molecule has 1 saturated heterocycles. The second-order valence-corrected chi connectivity index (χ2v) is 4.47. The normalized spacial score (nSPS) is 27.5. The molecule has 13 heavy (non-hydrogen) atoms. The van der Waals surface area contributed by atoms with Crippen molar-refractivity contribution in [3.05, 3.63) is 0 Å². The molecule has 3 heteroatoms. The molecule has 0 aliphatic carbocycles. The van der Waals surface area contributed by atoms with Crippen LogP contribution in [0.3, 0.4) is 0 Å². The smallest absolute Gasteiger partial charge is 0.220 e. The molecule has 1 unspecified atom stereocenters. The molecule has 0 aromatic rings. The first kappa shape index (κ1) is 10.2. The zero-order valence-corrected chi connectivity index (χ0v) is 8.76. The fraction of sp³-hybridized carbons (Fsp3) is 0.800. The van der Waals surface area contributed by atoms with Crippen LogP contribution in [-0.2, 0) is 9.59 Å². The predicted octanol–water partition coefficient (Wildman–Crippen LogP) is 1.36. The van der Waals surface area contributed by atoms with E-state index in [4.69, 9.17) is 0 Å². The van der Waals surface area contributed by atoms with Gasteiger partial charge in [0, 0.05) is 31.3 Å². The second-order valence-electron chi connectivity index (χ2n) is 4.47.